The van der Waals surface area contributed by atoms with Crippen molar-refractivity contribution in [2.24, 2.45) is 7.05 Å². The van der Waals surface area contributed by atoms with Crippen molar-refractivity contribution in [3.05, 3.63) is 54.1 Å². The van der Waals surface area contributed by atoms with Crippen LogP contribution in [0.1, 0.15) is 35.4 Å². The number of nitrogens with zero attached hydrogens (tertiary/aromatic N) is 3. The highest BCUT2D eigenvalue weighted by atomic mass is 16.1. The first kappa shape index (κ1) is 16.6. The van der Waals surface area contributed by atoms with E-state index in [1.165, 1.54) is 24.9 Å². The van der Waals surface area contributed by atoms with Gasteiger partial charge in [0.05, 0.1) is 5.69 Å². The van der Waals surface area contributed by atoms with Crippen molar-refractivity contribution in [3.8, 4) is 0 Å². The summed E-state index contributed by atoms with van der Waals surface area (Å²) in [6.07, 6.45) is 7.44. The summed E-state index contributed by atoms with van der Waals surface area (Å²) in [7, 11) is 1.91. The molecule has 0 radical (unpaired) electrons. The van der Waals surface area contributed by atoms with Crippen LogP contribution in [0.3, 0.4) is 0 Å². The monoisotopic (exact) mass is 348 g/mol. The fourth-order valence-electron chi connectivity index (χ4n) is 3.72. The molecule has 0 unspecified atom stereocenters. The molecule has 1 amide bonds. The molecule has 3 aromatic rings. The SMILES string of the molecule is Cc1ccc(C(=O)Nc2ccc(N3CCCCC3)c3ccncc23)n1C. The minimum absolute atomic E-state index is 0.100. The van der Waals surface area contributed by atoms with E-state index in [1.54, 1.807) is 0 Å². The van der Waals surface area contributed by atoms with Gasteiger partial charge in [-0.3, -0.25) is 9.78 Å². The summed E-state index contributed by atoms with van der Waals surface area (Å²) in [6.45, 7) is 4.17. The summed E-state index contributed by atoms with van der Waals surface area (Å²) in [4.78, 5) is 19.4. The lowest BCUT2D eigenvalue weighted by Gasteiger charge is -2.30. The number of anilines is 2. The van der Waals surface area contributed by atoms with Crippen LogP contribution < -0.4 is 10.2 Å². The Labute approximate surface area is 153 Å². The van der Waals surface area contributed by atoms with E-state index in [1.807, 2.05) is 55.2 Å². The number of hydrogen-bond acceptors (Lipinski definition) is 3. The Morgan fingerprint density at radius 2 is 1.85 bits per heavy atom. The average molecular weight is 348 g/mol. The third-order valence-electron chi connectivity index (χ3n) is 5.35. The quantitative estimate of drug-likeness (QED) is 0.774. The van der Waals surface area contributed by atoms with Gasteiger partial charge in [0.1, 0.15) is 5.69 Å². The van der Waals surface area contributed by atoms with Gasteiger partial charge in [-0.25, -0.2) is 0 Å². The molecule has 0 atom stereocenters. The van der Waals surface area contributed by atoms with Gasteiger partial charge in [-0.2, -0.15) is 0 Å². The summed E-state index contributed by atoms with van der Waals surface area (Å²) >= 11 is 0. The maximum Gasteiger partial charge on any atom is 0.272 e. The molecule has 0 aliphatic carbocycles. The number of amides is 1. The lowest BCUT2D eigenvalue weighted by molar-refractivity contribution is 0.101. The molecule has 1 N–H and O–H groups in total. The number of aromatic nitrogens is 2. The second-order valence-electron chi connectivity index (χ2n) is 6.97. The van der Waals surface area contributed by atoms with Gasteiger partial charge in [-0.15, -0.1) is 0 Å². The lowest BCUT2D eigenvalue weighted by Crippen LogP contribution is -2.29. The number of rotatable bonds is 3. The zero-order valence-electron chi connectivity index (χ0n) is 15.3. The van der Waals surface area contributed by atoms with Crippen LogP contribution in [-0.2, 0) is 7.05 Å². The van der Waals surface area contributed by atoms with Gasteiger partial charge in [0, 0.05) is 54.7 Å². The van der Waals surface area contributed by atoms with Gasteiger partial charge in [0.25, 0.3) is 5.91 Å². The fraction of sp³-hybridized carbons (Fsp3) is 0.333. The topological polar surface area (TPSA) is 50.2 Å². The minimum atomic E-state index is -0.100. The van der Waals surface area contributed by atoms with E-state index in [4.69, 9.17) is 0 Å². The second kappa shape index (κ2) is 6.83. The Morgan fingerprint density at radius 3 is 2.58 bits per heavy atom. The predicted molar refractivity (Wildman–Crippen MR) is 106 cm³/mol. The molecule has 1 aromatic carbocycles. The van der Waals surface area contributed by atoms with Crippen molar-refractivity contribution in [1.29, 1.82) is 0 Å². The van der Waals surface area contributed by atoms with Crippen molar-refractivity contribution in [2.75, 3.05) is 23.3 Å². The third kappa shape index (κ3) is 2.94. The van der Waals surface area contributed by atoms with Crippen molar-refractivity contribution in [2.45, 2.75) is 26.2 Å². The molecule has 4 rings (SSSR count). The number of fused-ring (bicyclic) bond motifs is 1. The van der Waals surface area contributed by atoms with Gasteiger partial charge in [0.15, 0.2) is 0 Å². The van der Waals surface area contributed by atoms with E-state index in [9.17, 15) is 4.79 Å². The largest absolute Gasteiger partial charge is 0.371 e. The fourth-order valence-corrected chi connectivity index (χ4v) is 3.72. The first-order valence-electron chi connectivity index (χ1n) is 9.20. The summed E-state index contributed by atoms with van der Waals surface area (Å²) in [5.74, 6) is -0.100. The Balaban J connectivity index is 1.70. The smallest absolute Gasteiger partial charge is 0.272 e. The Hall–Kier alpha value is -2.82. The van der Waals surface area contributed by atoms with Crippen LogP contribution in [0.2, 0.25) is 0 Å². The van der Waals surface area contributed by atoms with E-state index in [0.717, 1.165) is 35.2 Å². The van der Waals surface area contributed by atoms with Crippen molar-refractivity contribution < 1.29 is 4.79 Å². The molecule has 134 valence electrons. The maximum absolute atomic E-state index is 12.7. The molecule has 0 bridgehead atoms. The van der Waals surface area contributed by atoms with E-state index in [2.05, 4.69) is 21.3 Å². The first-order chi connectivity index (χ1) is 12.6. The Kier molecular flexibility index (Phi) is 4.37. The molecule has 1 saturated heterocycles. The molecule has 0 saturated carbocycles. The van der Waals surface area contributed by atoms with Crippen LogP contribution in [-0.4, -0.2) is 28.5 Å². The van der Waals surface area contributed by atoms with Crippen LogP contribution in [0.4, 0.5) is 11.4 Å². The first-order valence-corrected chi connectivity index (χ1v) is 9.20. The maximum atomic E-state index is 12.7. The molecule has 3 heterocycles. The van der Waals surface area contributed by atoms with Crippen molar-refractivity contribution >= 4 is 28.1 Å². The molecular formula is C21H24N4O. The molecule has 1 fully saturated rings. The molecule has 1 aliphatic heterocycles. The molecule has 5 heteroatoms. The van der Waals surface area contributed by atoms with Crippen molar-refractivity contribution in [1.82, 2.24) is 9.55 Å². The second-order valence-corrected chi connectivity index (χ2v) is 6.97. The van der Waals surface area contributed by atoms with Gasteiger partial charge in [-0.1, -0.05) is 0 Å². The van der Waals surface area contributed by atoms with E-state index < -0.39 is 0 Å². The van der Waals surface area contributed by atoms with Crippen LogP contribution in [0.5, 0.6) is 0 Å². The summed E-state index contributed by atoms with van der Waals surface area (Å²) in [5.41, 5.74) is 3.74. The standard InChI is InChI=1S/C21H24N4O/c1-15-6-8-20(24(15)2)21(26)23-18-7-9-19(25-12-4-3-5-13-25)16-10-11-22-14-17(16)18/h6-11,14H,3-5,12-13H2,1-2H3,(H,23,26). The zero-order chi connectivity index (χ0) is 18.1. The van der Waals surface area contributed by atoms with E-state index in [-0.39, 0.29) is 5.91 Å². The number of pyridine rings is 1. The predicted octanol–water partition coefficient (Wildman–Crippen LogP) is 4.12. The highest BCUT2D eigenvalue weighted by molar-refractivity contribution is 6.10. The minimum Gasteiger partial charge on any atom is -0.371 e. The van der Waals surface area contributed by atoms with Crippen LogP contribution >= 0.6 is 0 Å². The van der Waals surface area contributed by atoms with E-state index >= 15 is 0 Å². The lowest BCUT2D eigenvalue weighted by atomic mass is 10.0. The molecular weight excluding hydrogens is 324 g/mol. The number of carbonyl (C=O) groups is 1. The van der Waals surface area contributed by atoms with Crippen LogP contribution in [0.25, 0.3) is 10.8 Å². The molecule has 0 spiro atoms. The molecule has 1 aliphatic rings. The number of benzene rings is 1. The number of hydrogen-bond donors (Lipinski definition) is 1. The van der Waals surface area contributed by atoms with Crippen LogP contribution in [0, 0.1) is 6.92 Å². The van der Waals surface area contributed by atoms with Crippen molar-refractivity contribution in [3.63, 3.8) is 0 Å². The van der Waals surface area contributed by atoms with Gasteiger partial charge < -0.3 is 14.8 Å². The van der Waals surface area contributed by atoms with E-state index in [0.29, 0.717) is 5.69 Å². The van der Waals surface area contributed by atoms with Gasteiger partial charge in [0.2, 0.25) is 0 Å². The number of nitrogens with one attached hydrogen (secondary N) is 1. The average Bonchev–Trinajstić information content (AvgIpc) is 3.01. The summed E-state index contributed by atoms with van der Waals surface area (Å²) < 4.78 is 1.90. The molecule has 2 aromatic heterocycles. The third-order valence-corrected chi connectivity index (χ3v) is 5.35. The molecule has 5 nitrogen and oxygen atoms in total. The van der Waals surface area contributed by atoms with Crippen LogP contribution in [0.15, 0.2) is 42.7 Å². The number of carbonyl (C=O) groups excluding carboxylic acids is 1. The highest BCUT2D eigenvalue weighted by Gasteiger charge is 2.17. The number of aryl methyl sites for hydroxylation is 1. The normalized spacial score (nSPS) is 14.6. The summed E-state index contributed by atoms with van der Waals surface area (Å²) in [5, 5.41) is 5.19. The van der Waals surface area contributed by atoms with Gasteiger partial charge >= 0.3 is 0 Å². The zero-order valence-corrected chi connectivity index (χ0v) is 15.3. The van der Waals surface area contributed by atoms with Gasteiger partial charge in [-0.05, 0) is 56.5 Å². The highest BCUT2D eigenvalue weighted by Crippen LogP contribution is 2.33. The number of piperidine rings is 1. The Morgan fingerprint density at radius 1 is 1.04 bits per heavy atom. The molecule has 26 heavy (non-hydrogen) atoms. The Bertz CT molecular complexity index is 954. The summed E-state index contributed by atoms with van der Waals surface area (Å²) in [6, 6.07) is 9.98.